The molecule has 220 valence electrons. The first-order valence-corrected chi connectivity index (χ1v) is 16.2. The maximum absolute atomic E-state index is 6.64. The molecule has 0 saturated heterocycles. The fourth-order valence-electron chi connectivity index (χ4n) is 5.44. The van der Waals surface area contributed by atoms with Crippen molar-refractivity contribution < 1.29 is 9.47 Å². The topological polar surface area (TPSA) is 30.5 Å². The van der Waals surface area contributed by atoms with E-state index in [0.717, 1.165) is 18.7 Å². The molecule has 0 radical (unpaired) electrons. The van der Waals surface area contributed by atoms with Gasteiger partial charge in [0.2, 0.25) is 0 Å². The lowest BCUT2D eigenvalue weighted by atomic mass is 9.69. The lowest BCUT2D eigenvalue weighted by molar-refractivity contribution is 0.0480. The maximum Gasteiger partial charge on any atom is 0.188 e. The smallest absolute Gasteiger partial charge is 0.188 e. The highest BCUT2D eigenvalue weighted by Gasteiger charge is 2.38. The minimum Gasteiger partial charge on any atom is -0.467 e. The molecule has 0 bridgehead atoms. The zero-order valence-electron chi connectivity index (χ0n) is 27.0. The van der Waals surface area contributed by atoms with E-state index in [4.69, 9.17) is 9.47 Å². The zero-order valence-corrected chi connectivity index (χ0v) is 28.0. The van der Waals surface area contributed by atoms with E-state index in [1.54, 1.807) is 7.11 Å². The molecule has 3 nitrogen and oxygen atoms in total. The van der Waals surface area contributed by atoms with Crippen LogP contribution in [-0.2, 0) is 27.3 Å². The molecule has 0 fully saturated rings. The number of ether oxygens (including phenoxy) is 2. The van der Waals surface area contributed by atoms with Crippen molar-refractivity contribution in [3.63, 3.8) is 0 Å². The number of nitrogens with one attached hydrogen (secondary N) is 1. The Bertz CT molecular complexity index is 1030. The van der Waals surface area contributed by atoms with Gasteiger partial charge in [0, 0.05) is 29.9 Å². The molecule has 2 rings (SSSR count). The first-order chi connectivity index (χ1) is 18.4. The Morgan fingerprint density at radius 3 is 2.15 bits per heavy atom. The summed E-state index contributed by atoms with van der Waals surface area (Å²) in [6, 6.07) is 13.9. The van der Waals surface area contributed by atoms with Gasteiger partial charge < -0.3 is 14.8 Å². The fourth-order valence-corrected chi connectivity index (χ4v) is 7.17. The summed E-state index contributed by atoms with van der Waals surface area (Å²) >= 11 is 0. The Morgan fingerprint density at radius 1 is 0.923 bits per heavy atom. The van der Waals surface area contributed by atoms with Crippen molar-refractivity contribution >= 4 is 13.9 Å². The Morgan fingerprint density at radius 2 is 1.56 bits per heavy atom. The molecule has 0 aliphatic heterocycles. The summed E-state index contributed by atoms with van der Waals surface area (Å²) in [5, 5.41) is 4.77. The number of unbranched alkanes of at least 4 members (excludes halogenated alkanes) is 2. The van der Waals surface area contributed by atoms with Gasteiger partial charge in [0.25, 0.3) is 0 Å². The maximum atomic E-state index is 6.64. The molecule has 39 heavy (non-hydrogen) atoms. The van der Waals surface area contributed by atoms with Gasteiger partial charge in [-0.15, -0.1) is 0 Å². The molecule has 2 aromatic rings. The molecule has 0 aliphatic rings. The van der Waals surface area contributed by atoms with Gasteiger partial charge in [-0.05, 0) is 53.1 Å². The molecule has 1 N–H and O–H groups in total. The third kappa shape index (κ3) is 8.79. The molecule has 0 spiro atoms. The highest BCUT2D eigenvalue weighted by molar-refractivity contribution is 7.48. The number of benzene rings is 2. The lowest BCUT2D eigenvalue weighted by Crippen LogP contribution is -2.31. The summed E-state index contributed by atoms with van der Waals surface area (Å²) in [6.45, 7) is 22.5. The average Bonchev–Trinajstić information content (AvgIpc) is 2.89. The fraction of sp³-hybridized carbons (Fsp3) is 0.657. The second-order valence-corrected chi connectivity index (χ2v) is 15.1. The van der Waals surface area contributed by atoms with Crippen LogP contribution >= 0.6 is 8.58 Å². The van der Waals surface area contributed by atoms with Gasteiger partial charge in [0.15, 0.2) is 6.79 Å². The Balaban J connectivity index is 2.89. The van der Waals surface area contributed by atoms with Gasteiger partial charge in [0.1, 0.15) is 5.75 Å². The molecule has 0 amide bonds. The third-order valence-corrected chi connectivity index (χ3v) is 10.4. The van der Waals surface area contributed by atoms with Crippen LogP contribution in [0.5, 0.6) is 5.75 Å². The zero-order chi connectivity index (χ0) is 29.3. The highest BCUT2D eigenvalue weighted by Crippen LogP contribution is 2.53. The van der Waals surface area contributed by atoms with E-state index in [2.05, 4.69) is 104 Å². The number of rotatable bonds is 16. The quantitative estimate of drug-likeness (QED) is 0.165. The molecule has 2 aromatic carbocycles. The van der Waals surface area contributed by atoms with E-state index >= 15 is 0 Å². The van der Waals surface area contributed by atoms with Crippen molar-refractivity contribution in [1.29, 1.82) is 0 Å². The van der Waals surface area contributed by atoms with Crippen LogP contribution < -0.4 is 15.4 Å². The predicted molar refractivity (Wildman–Crippen MR) is 173 cm³/mol. The summed E-state index contributed by atoms with van der Waals surface area (Å²) < 4.78 is 12.2. The van der Waals surface area contributed by atoms with Crippen LogP contribution in [0, 0.1) is 5.92 Å². The Labute approximate surface area is 243 Å². The molecule has 4 heteroatoms. The van der Waals surface area contributed by atoms with E-state index in [1.807, 2.05) is 7.05 Å². The van der Waals surface area contributed by atoms with E-state index in [0.29, 0.717) is 14.5 Å². The minimum atomic E-state index is -0.0539. The van der Waals surface area contributed by atoms with Gasteiger partial charge in [-0.3, -0.25) is 0 Å². The minimum absolute atomic E-state index is 0.0326. The van der Waals surface area contributed by atoms with Crippen LogP contribution in [0.3, 0.4) is 0 Å². The van der Waals surface area contributed by atoms with Gasteiger partial charge in [-0.1, -0.05) is 133 Å². The largest absolute Gasteiger partial charge is 0.467 e. The van der Waals surface area contributed by atoms with Crippen LogP contribution in [-0.4, -0.2) is 21.0 Å². The third-order valence-electron chi connectivity index (χ3n) is 8.61. The summed E-state index contributed by atoms with van der Waals surface area (Å²) in [7, 11) is 4.40. The first-order valence-electron chi connectivity index (χ1n) is 15.2. The summed E-state index contributed by atoms with van der Waals surface area (Å²) in [4.78, 5) is 0. The van der Waals surface area contributed by atoms with E-state index < -0.39 is 0 Å². The number of hydrogen-bond acceptors (Lipinski definition) is 3. The van der Waals surface area contributed by atoms with Crippen molar-refractivity contribution in [2.75, 3.05) is 21.0 Å². The van der Waals surface area contributed by atoms with Crippen molar-refractivity contribution in [2.24, 2.45) is 5.92 Å². The van der Waals surface area contributed by atoms with Crippen LogP contribution in [0.2, 0.25) is 0 Å². The summed E-state index contributed by atoms with van der Waals surface area (Å²) in [6.07, 6.45) is 7.18. The second kappa shape index (κ2) is 15.0. The monoisotopic (exact) mass is 555 g/mol. The van der Waals surface area contributed by atoms with Crippen molar-refractivity contribution in [3.05, 3.63) is 58.7 Å². The van der Waals surface area contributed by atoms with Gasteiger partial charge in [0.05, 0.1) is 0 Å². The number of hydrogen-bond donors (Lipinski definition) is 1. The molecule has 0 saturated carbocycles. The van der Waals surface area contributed by atoms with Crippen LogP contribution in [0.4, 0.5) is 0 Å². The van der Waals surface area contributed by atoms with Gasteiger partial charge in [-0.2, -0.15) is 0 Å². The van der Waals surface area contributed by atoms with E-state index in [-0.39, 0.29) is 22.8 Å². The SMILES string of the molecule is CCCCC(C)C(C)(C)c1cc(C(C)(C)C)cc(C(C)(CCCC)Pc2ccccc2CNC)c1OCOC. The molecule has 0 aromatic heterocycles. The van der Waals surface area contributed by atoms with Crippen LogP contribution in [0.15, 0.2) is 36.4 Å². The highest BCUT2D eigenvalue weighted by atomic mass is 31.1. The lowest BCUT2D eigenvalue weighted by Gasteiger charge is -2.40. The first kappa shape index (κ1) is 33.8. The standard InChI is InChI=1S/C35H58NO2P/c1-12-14-18-26(3)34(7,8)29-22-28(33(4,5)6)23-30(32(29)38-25-37-11)35(9,21-15-13-2)39-31-20-17-16-19-27(31)24-36-10/h16-17,19-20,22-23,26,36,39H,12-15,18,21,24-25H2,1-11H3. The van der Waals surface area contributed by atoms with Crippen molar-refractivity contribution in [1.82, 2.24) is 5.32 Å². The molecule has 0 aliphatic carbocycles. The van der Waals surface area contributed by atoms with Crippen molar-refractivity contribution in [3.8, 4) is 5.75 Å². The molecule has 0 heterocycles. The predicted octanol–water partition coefficient (Wildman–Crippen LogP) is 9.20. The van der Waals surface area contributed by atoms with E-state index in [1.165, 1.54) is 59.7 Å². The summed E-state index contributed by atoms with van der Waals surface area (Å²) in [5.41, 5.74) is 5.47. The normalized spacial score (nSPS) is 15.1. The number of methoxy groups -OCH3 is 1. The molecule has 3 unspecified atom stereocenters. The van der Waals surface area contributed by atoms with Gasteiger partial charge in [-0.25, -0.2) is 0 Å². The average molecular weight is 556 g/mol. The Hall–Kier alpha value is -1.41. The molecular weight excluding hydrogens is 497 g/mol. The van der Waals surface area contributed by atoms with Crippen molar-refractivity contribution in [2.45, 2.75) is 123 Å². The molecular formula is C35H58NO2P. The summed E-state index contributed by atoms with van der Waals surface area (Å²) in [5.74, 6) is 1.58. The second-order valence-electron chi connectivity index (χ2n) is 13.2. The van der Waals surface area contributed by atoms with E-state index in [9.17, 15) is 0 Å². The van der Waals surface area contributed by atoms with Gasteiger partial charge >= 0.3 is 0 Å². The Kier molecular flexibility index (Phi) is 13.0. The van der Waals surface area contributed by atoms with Crippen LogP contribution in [0.1, 0.15) is 123 Å². The van der Waals surface area contributed by atoms with Crippen LogP contribution in [0.25, 0.3) is 0 Å². The molecule has 3 atom stereocenters.